The average molecular weight is 418 g/mol. The molecule has 1 aromatic heterocycles. The van der Waals surface area contributed by atoms with Gasteiger partial charge in [-0.25, -0.2) is 4.68 Å². The average Bonchev–Trinajstić information content (AvgIpc) is 3.23. The van der Waals surface area contributed by atoms with E-state index in [2.05, 4.69) is 27.6 Å². The number of ether oxygens (including phenoxy) is 1. The fourth-order valence-electron chi connectivity index (χ4n) is 3.68. The summed E-state index contributed by atoms with van der Waals surface area (Å²) in [6.07, 6.45) is 3.60. The molecule has 2 aromatic carbocycles. The Balaban J connectivity index is 1.66. The largest absolute Gasteiger partial charge is 0.494 e. The number of allylic oxidation sites excluding steroid dienone is 1. The first-order valence-corrected chi connectivity index (χ1v) is 10.6. The summed E-state index contributed by atoms with van der Waals surface area (Å²) >= 11 is 0. The molecule has 0 unspecified atom stereocenters. The molecular weight excluding hydrogens is 390 g/mol. The van der Waals surface area contributed by atoms with E-state index in [4.69, 9.17) is 4.74 Å². The van der Waals surface area contributed by atoms with Crippen LogP contribution in [0.25, 0.3) is 0 Å². The summed E-state index contributed by atoms with van der Waals surface area (Å²) in [6.45, 7) is 6.69. The molecule has 7 heteroatoms. The number of anilines is 2. The van der Waals surface area contributed by atoms with Crippen LogP contribution in [0.15, 0.2) is 66.1 Å². The van der Waals surface area contributed by atoms with Gasteiger partial charge in [-0.15, -0.1) is 0 Å². The van der Waals surface area contributed by atoms with E-state index in [0.29, 0.717) is 18.1 Å². The summed E-state index contributed by atoms with van der Waals surface area (Å²) in [5.41, 5.74) is 4.08. The Hall–Kier alpha value is -3.61. The molecule has 160 valence electrons. The minimum Gasteiger partial charge on any atom is -0.494 e. The van der Waals surface area contributed by atoms with E-state index >= 15 is 0 Å². The number of amides is 1. The summed E-state index contributed by atoms with van der Waals surface area (Å²) in [5.74, 6) is 1.25. The molecule has 3 aromatic rings. The van der Waals surface area contributed by atoms with Crippen LogP contribution in [0.1, 0.15) is 43.9 Å². The van der Waals surface area contributed by atoms with Crippen LogP contribution in [0.2, 0.25) is 0 Å². The van der Waals surface area contributed by atoms with Gasteiger partial charge in [-0.1, -0.05) is 43.7 Å². The van der Waals surface area contributed by atoms with Gasteiger partial charge in [-0.05, 0) is 49.6 Å². The first-order chi connectivity index (χ1) is 15.1. The van der Waals surface area contributed by atoms with Gasteiger partial charge in [0.25, 0.3) is 5.91 Å². The lowest BCUT2D eigenvalue weighted by molar-refractivity contribution is -0.113. The Labute approximate surface area is 182 Å². The molecule has 7 nitrogen and oxygen atoms in total. The van der Waals surface area contributed by atoms with Gasteiger partial charge >= 0.3 is 0 Å². The zero-order chi connectivity index (χ0) is 21.8. The van der Waals surface area contributed by atoms with Crippen LogP contribution in [-0.4, -0.2) is 27.3 Å². The highest BCUT2D eigenvalue weighted by atomic mass is 16.5. The molecule has 1 amide bonds. The number of nitrogens with one attached hydrogen (secondary N) is 2. The van der Waals surface area contributed by atoms with Crippen molar-refractivity contribution in [1.82, 2.24) is 14.8 Å². The Morgan fingerprint density at radius 1 is 1.16 bits per heavy atom. The van der Waals surface area contributed by atoms with Crippen molar-refractivity contribution in [3.05, 3.63) is 77.3 Å². The summed E-state index contributed by atoms with van der Waals surface area (Å²) in [4.78, 5) is 17.7. The molecule has 0 saturated heterocycles. The summed E-state index contributed by atoms with van der Waals surface area (Å²) < 4.78 is 7.54. The van der Waals surface area contributed by atoms with Gasteiger partial charge in [0.15, 0.2) is 0 Å². The highest BCUT2D eigenvalue weighted by Crippen LogP contribution is 2.36. The van der Waals surface area contributed by atoms with Crippen LogP contribution >= 0.6 is 0 Å². The second-order valence-electron chi connectivity index (χ2n) is 7.63. The maximum Gasteiger partial charge on any atom is 0.255 e. The van der Waals surface area contributed by atoms with Crippen molar-refractivity contribution in [1.29, 1.82) is 0 Å². The molecule has 0 saturated carbocycles. The van der Waals surface area contributed by atoms with Crippen LogP contribution in [0.5, 0.6) is 5.75 Å². The van der Waals surface area contributed by atoms with Crippen molar-refractivity contribution >= 4 is 17.5 Å². The van der Waals surface area contributed by atoms with Gasteiger partial charge in [0.1, 0.15) is 18.1 Å². The normalized spacial score (nSPS) is 15.3. The third-order valence-corrected chi connectivity index (χ3v) is 5.39. The Kier molecular flexibility index (Phi) is 6.02. The van der Waals surface area contributed by atoms with Crippen LogP contribution in [0, 0.1) is 6.92 Å². The predicted octanol–water partition coefficient (Wildman–Crippen LogP) is 4.69. The monoisotopic (exact) mass is 417 g/mol. The molecule has 0 bridgehead atoms. The maximum absolute atomic E-state index is 13.4. The number of aryl methyl sites for hydroxylation is 1. The topological polar surface area (TPSA) is 81.1 Å². The zero-order valence-electron chi connectivity index (χ0n) is 18.1. The Bertz CT molecular complexity index is 1100. The smallest absolute Gasteiger partial charge is 0.255 e. The molecule has 1 aliphatic heterocycles. The maximum atomic E-state index is 13.4. The standard InChI is InChI=1S/C24H27N5O2/c1-4-5-14-31-19-12-10-18(11-13-19)22-21(17(3)27-24-25-15-26-29(22)24)23(30)28-20-9-7-6-8-16(20)2/h6-13,15,22H,4-5,14H2,1-3H3,(H,28,30)(H,25,26,27)/t22-/m1/s1. The Morgan fingerprint density at radius 3 is 2.68 bits per heavy atom. The highest BCUT2D eigenvalue weighted by molar-refractivity contribution is 6.06. The third-order valence-electron chi connectivity index (χ3n) is 5.39. The molecule has 2 N–H and O–H groups in total. The number of carbonyl (C=O) groups is 1. The van der Waals surface area contributed by atoms with Crippen molar-refractivity contribution in [3.63, 3.8) is 0 Å². The third kappa shape index (κ3) is 4.30. The van der Waals surface area contributed by atoms with Crippen molar-refractivity contribution < 1.29 is 9.53 Å². The SMILES string of the molecule is CCCCOc1ccc([C@@H]2C(C(=O)Nc3ccccc3C)=C(C)Nc3ncnn32)cc1. The van der Waals surface area contributed by atoms with E-state index in [-0.39, 0.29) is 5.91 Å². The van der Waals surface area contributed by atoms with Crippen LogP contribution in [-0.2, 0) is 4.79 Å². The van der Waals surface area contributed by atoms with E-state index in [9.17, 15) is 4.79 Å². The number of fused-ring (bicyclic) bond motifs is 1. The number of benzene rings is 2. The molecule has 0 radical (unpaired) electrons. The molecule has 0 aliphatic carbocycles. The van der Waals surface area contributed by atoms with Crippen molar-refractivity contribution in [2.24, 2.45) is 0 Å². The number of hydrogen-bond donors (Lipinski definition) is 2. The highest BCUT2D eigenvalue weighted by Gasteiger charge is 2.33. The van der Waals surface area contributed by atoms with Gasteiger partial charge in [0.2, 0.25) is 5.95 Å². The summed E-state index contributed by atoms with van der Waals surface area (Å²) in [5, 5.41) is 10.6. The summed E-state index contributed by atoms with van der Waals surface area (Å²) in [6, 6.07) is 15.2. The molecule has 4 rings (SSSR count). The zero-order valence-corrected chi connectivity index (χ0v) is 18.1. The summed E-state index contributed by atoms with van der Waals surface area (Å²) in [7, 11) is 0. The number of para-hydroxylation sites is 1. The van der Waals surface area contributed by atoms with Gasteiger partial charge < -0.3 is 15.4 Å². The van der Waals surface area contributed by atoms with E-state index in [0.717, 1.165) is 41.1 Å². The number of nitrogens with zero attached hydrogens (tertiary/aromatic N) is 3. The lowest BCUT2D eigenvalue weighted by Gasteiger charge is -2.29. The Morgan fingerprint density at radius 2 is 1.94 bits per heavy atom. The van der Waals surface area contributed by atoms with Crippen molar-refractivity contribution in [3.8, 4) is 5.75 Å². The van der Waals surface area contributed by atoms with E-state index < -0.39 is 6.04 Å². The van der Waals surface area contributed by atoms with Gasteiger partial charge in [-0.3, -0.25) is 4.79 Å². The first-order valence-electron chi connectivity index (χ1n) is 10.6. The molecule has 1 aliphatic rings. The van der Waals surface area contributed by atoms with Crippen molar-refractivity contribution in [2.45, 2.75) is 39.7 Å². The van der Waals surface area contributed by atoms with E-state index in [1.165, 1.54) is 6.33 Å². The molecular formula is C24H27N5O2. The second kappa shape index (κ2) is 9.04. The van der Waals surface area contributed by atoms with Gasteiger partial charge in [-0.2, -0.15) is 10.1 Å². The van der Waals surface area contributed by atoms with Crippen LogP contribution in [0.3, 0.4) is 0 Å². The van der Waals surface area contributed by atoms with Crippen LogP contribution < -0.4 is 15.4 Å². The fraction of sp³-hybridized carbons (Fsp3) is 0.292. The van der Waals surface area contributed by atoms with Gasteiger partial charge in [0.05, 0.1) is 12.2 Å². The molecule has 1 atom stereocenters. The number of rotatable bonds is 7. The first kappa shape index (κ1) is 20.7. The molecule has 0 fully saturated rings. The second-order valence-corrected chi connectivity index (χ2v) is 7.63. The van der Waals surface area contributed by atoms with E-state index in [1.54, 1.807) is 4.68 Å². The number of hydrogen-bond acceptors (Lipinski definition) is 5. The number of unbranched alkanes of at least 4 members (excludes halogenated alkanes) is 1. The minimum absolute atomic E-state index is 0.172. The van der Waals surface area contributed by atoms with Crippen molar-refractivity contribution in [2.75, 3.05) is 17.2 Å². The predicted molar refractivity (Wildman–Crippen MR) is 121 cm³/mol. The number of carbonyl (C=O) groups excluding carboxylic acids is 1. The molecule has 0 spiro atoms. The van der Waals surface area contributed by atoms with E-state index in [1.807, 2.05) is 62.4 Å². The quantitative estimate of drug-likeness (QED) is 0.545. The molecule has 2 heterocycles. The molecule has 31 heavy (non-hydrogen) atoms. The lowest BCUT2D eigenvalue weighted by Crippen LogP contribution is -2.31. The minimum atomic E-state index is -0.396. The number of aromatic nitrogens is 3. The van der Waals surface area contributed by atoms with Gasteiger partial charge in [0, 0.05) is 11.4 Å². The van der Waals surface area contributed by atoms with Crippen LogP contribution in [0.4, 0.5) is 11.6 Å². The fourth-order valence-corrected chi connectivity index (χ4v) is 3.68. The lowest BCUT2D eigenvalue weighted by atomic mass is 9.95.